The molecule has 2 aliphatic heterocycles. The molecule has 1 aliphatic carbocycles. The molecule has 5 rings (SSSR count). The SMILES string of the molecule is COC(=O)C1=C(N)N(c2cc(C)c(Cl)cc2OC)C2=C(C(=O)CC(C)(C)C2)C12C(=O)Nc1ccc(C)cc12. The van der Waals surface area contributed by atoms with Gasteiger partial charge in [-0.15, -0.1) is 0 Å². The molecule has 1 spiro atoms. The smallest absolute Gasteiger partial charge is 0.339 e. The molecule has 2 heterocycles. The number of amides is 1. The number of nitrogens with one attached hydrogen (secondary N) is 1. The number of ketones is 1. The number of halogens is 1. The van der Waals surface area contributed by atoms with Gasteiger partial charge in [0.2, 0.25) is 5.91 Å². The lowest BCUT2D eigenvalue weighted by Gasteiger charge is -2.47. The molecule has 2 aromatic carbocycles. The second-order valence-electron chi connectivity index (χ2n) is 10.9. The first-order valence-electron chi connectivity index (χ1n) is 12.3. The Balaban J connectivity index is 1.96. The van der Waals surface area contributed by atoms with Crippen LogP contribution in [0.15, 0.2) is 53.0 Å². The van der Waals surface area contributed by atoms with Crippen LogP contribution in [-0.2, 0) is 24.5 Å². The zero-order valence-corrected chi connectivity index (χ0v) is 23.0. The lowest BCUT2D eigenvalue weighted by Crippen LogP contribution is -2.54. The number of esters is 1. The van der Waals surface area contributed by atoms with Crippen molar-refractivity contribution in [3.8, 4) is 5.75 Å². The molecule has 1 amide bonds. The highest BCUT2D eigenvalue weighted by Crippen LogP contribution is 2.58. The second kappa shape index (κ2) is 8.63. The van der Waals surface area contributed by atoms with Crippen molar-refractivity contribution in [1.82, 2.24) is 0 Å². The predicted octanol–water partition coefficient (Wildman–Crippen LogP) is 4.66. The second-order valence-corrected chi connectivity index (χ2v) is 11.3. The Kier molecular flexibility index (Phi) is 5.87. The first-order chi connectivity index (χ1) is 17.9. The summed E-state index contributed by atoms with van der Waals surface area (Å²) < 4.78 is 10.9. The number of aryl methyl sites for hydroxylation is 2. The fourth-order valence-electron chi connectivity index (χ4n) is 6.01. The van der Waals surface area contributed by atoms with Crippen molar-refractivity contribution in [2.24, 2.45) is 11.1 Å². The van der Waals surface area contributed by atoms with Crippen LogP contribution in [0.5, 0.6) is 5.75 Å². The van der Waals surface area contributed by atoms with Gasteiger partial charge in [0.25, 0.3) is 0 Å². The number of anilines is 2. The van der Waals surface area contributed by atoms with Crippen molar-refractivity contribution in [3.63, 3.8) is 0 Å². The van der Waals surface area contributed by atoms with Gasteiger partial charge in [0, 0.05) is 40.0 Å². The van der Waals surface area contributed by atoms with Gasteiger partial charge in [0.1, 0.15) is 22.6 Å². The maximum atomic E-state index is 14.1. The van der Waals surface area contributed by atoms with Crippen LogP contribution in [-0.4, -0.2) is 31.9 Å². The quantitative estimate of drug-likeness (QED) is 0.550. The minimum Gasteiger partial charge on any atom is -0.495 e. The Labute approximate surface area is 226 Å². The van der Waals surface area contributed by atoms with Crippen molar-refractivity contribution < 1.29 is 23.9 Å². The van der Waals surface area contributed by atoms with Crippen LogP contribution >= 0.6 is 11.6 Å². The Morgan fingerprint density at radius 3 is 2.47 bits per heavy atom. The van der Waals surface area contributed by atoms with Crippen molar-refractivity contribution >= 4 is 40.6 Å². The molecule has 198 valence electrons. The normalized spacial score (nSPS) is 21.9. The number of carbonyl (C=O) groups is 3. The number of Topliss-reactive ketones (excluding diaryl/α,β-unsaturated/α-hetero) is 1. The summed E-state index contributed by atoms with van der Waals surface area (Å²) in [7, 11) is 2.74. The summed E-state index contributed by atoms with van der Waals surface area (Å²) in [6.07, 6.45) is 0.616. The molecule has 3 N–H and O–H groups in total. The van der Waals surface area contributed by atoms with E-state index in [0.29, 0.717) is 39.8 Å². The lowest BCUT2D eigenvalue weighted by molar-refractivity contribution is -0.138. The summed E-state index contributed by atoms with van der Waals surface area (Å²) in [5.41, 5.74) is 8.50. The molecule has 1 unspecified atom stereocenters. The number of nitrogens with two attached hydrogens (primary N) is 1. The van der Waals surface area contributed by atoms with Crippen molar-refractivity contribution in [3.05, 3.63) is 74.7 Å². The van der Waals surface area contributed by atoms with Crippen molar-refractivity contribution in [1.29, 1.82) is 0 Å². The zero-order valence-electron chi connectivity index (χ0n) is 22.2. The minimum absolute atomic E-state index is 0.00868. The van der Waals surface area contributed by atoms with Gasteiger partial charge in [-0.1, -0.05) is 43.1 Å². The summed E-state index contributed by atoms with van der Waals surface area (Å²) in [6, 6.07) is 8.92. The molecule has 0 saturated carbocycles. The van der Waals surface area contributed by atoms with E-state index in [-0.39, 0.29) is 29.2 Å². The molecule has 0 saturated heterocycles. The van der Waals surface area contributed by atoms with Gasteiger partial charge < -0.3 is 20.5 Å². The monoisotopic (exact) mass is 535 g/mol. The maximum Gasteiger partial charge on any atom is 0.339 e. The average molecular weight is 536 g/mol. The Morgan fingerprint density at radius 1 is 1.11 bits per heavy atom. The van der Waals surface area contributed by atoms with Gasteiger partial charge in [0.05, 0.1) is 19.9 Å². The highest BCUT2D eigenvalue weighted by molar-refractivity contribution is 6.31. The third kappa shape index (κ3) is 3.46. The third-order valence-corrected chi connectivity index (χ3v) is 8.04. The highest BCUT2D eigenvalue weighted by atomic mass is 35.5. The molecule has 9 heteroatoms. The van der Waals surface area contributed by atoms with Crippen molar-refractivity contribution in [2.45, 2.75) is 46.0 Å². The number of methoxy groups -OCH3 is 2. The molecule has 1 atom stereocenters. The van der Waals surface area contributed by atoms with E-state index in [1.807, 2.05) is 39.8 Å². The number of rotatable bonds is 3. The predicted molar refractivity (Wildman–Crippen MR) is 145 cm³/mol. The molecule has 8 nitrogen and oxygen atoms in total. The standard InChI is InChI=1S/C29H30ClN3O5/c1-14-7-8-18-16(9-14)29(27(36)32-18)23-20(12-28(3,4)13-21(23)34)33(25(31)24(29)26(35)38-6)19-10-15(2)17(30)11-22(19)37-5/h7-11H,12-13,31H2,1-6H3,(H,32,36). The van der Waals surface area contributed by atoms with E-state index in [4.69, 9.17) is 26.8 Å². The number of fused-ring (bicyclic) bond motifs is 3. The number of nitrogens with zero attached hydrogens (tertiary/aromatic N) is 1. The van der Waals surface area contributed by atoms with Crippen LogP contribution in [0.2, 0.25) is 5.02 Å². The fourth-order valence-corrected chi connectivity index (χ4v) is 6.17. The van der Waals surface area contributed by atoms with Crippen molar-refractivity contribution in [2.75, 3.05) is 24.4 Å². The molecule has 0 fully saturated rings. The van der Waals surface area contributed by atoms with E-state index in [1.54, 1.807) is 23.1 Å². The van der Waals surface area contributed by atoms with Crippen LogP contribution in [0.25, 0.3) is 0 Å². The van der Waals surface area contributed by atoms with Gasteiger partial charge in [0.15, 0.2) is 5.78 Å². The summed E-state index contributed by atoms with van der Waals surface area (Å²) in [6.45, 7) is 7.71. The Morgan fingerprint density at radius 2 is 1.82 bits per heavy atom. The molecule has 38 heavy (non-hydrogen) atoms. The van der Waals surface area contributed by atoms with E-state index in [0.717, 1.165) is 11.1 Å². The Hall–Kier alpha value is -3.78. The number of hydrogen-bond donors (Lipinski definition) is 2. The van der Waals surface area contributed by atoms with E-state index in [1.165, 1.54) is 14.2 Å². The summed E-state index contributed by atoms with van der Waals surface area (Å²) >= 11 is 6.40. The third-order valence-electron chi connectivity index (χ3n) is 7.63. The lowest BCUT2D eigenvalue weighted by atomic mass is 9.60. The van der Waals surface area contributed by atoms with E-state index in [9.17, 15) is 14.4 Å². The summed E-state index contributed by atoms with van der Waals surface area (Å²) in [4.78, 5) is 43.4. The average Bonchev–Trinajstić information content (AvgIpc) is 3.11. The highest BCUT2D eigenvalue weighted by Gasteiger charge is 2.63. The van der Waals surface area contributed by atoms with Gasteiger partial charge in [-0.05, 0) is 43.4 Å². The fraction of sp³-hybridized carbons (Fsp3) is 0.345. The van der Waals surface area contributed by atoms with Gasteiger partial charge in [-0.25, -0.2) is 4.79 Å². The van der Waals surface area contributed by atoms with Crippen LogP contribution in [0.4, 0.5) is 11.4 Å². The summed E-state index contributed by atoms with van der Waals surface area (Å²) in [5.74, 6) is -1.15. The first kappa shape index (κ1) is 25.9. The minimum atomic E-state index is -1.76. The van der Waals surface area contributed by atoms with E-state index in [2.05, 4.69) is 5.32 Å². The summed E-state index contributed by atoms with van der Waals surface area (Å²) in [5, 5.41) is 3.39. The van der Waals surface area contributed by atoms with Gasteiger partial charge in [-0.2, -0.15) is 0 Å². The molecular weight excluding hydrogens is 506 g/mol. The molecule has 3 aliphatic rings. The van der Waals surface area contributed by atoms with Crippen LogP contribution < -0.4 is 20.7 Å². The van der Waals surface area contributed by atoms with Gasteiger partial charge >= 0.3 is 5.97 Å². The molecule has 0 radical (unpaired) electrons. The number of hydrogen-bond acceptors (Lipinski definition) is 7. The number of carbonyl (C=O) groups excluding carboxylic acids is 3. The first-order valence-corrected chi connectivity index (χ1v) is 12.7. The van der Waals surface area contributed by atoms with E-state index >= 15 is 0 Å². The van der Waals surface area contributed by atoms with E-state index < -0.39 is 22.7 Å². The van der Waals surface area contributed by atoms with Gasteiger partial charge in [-0.3, -0.25) is 14.5 Å². The Bertz CT molecular complexity index is 1510. The number of ether oxygens (including phenoxy) is 2. The van der Waals surface area contributed by atoms with Crippen LogP contribution in [0.3, 0.4) is 0 Å². The van der Waals surface area contributed by atoms with Crippen LogP contribution in [0.1, 0.15) is 43.4 Å². The van der Waals surface area contributed by atoms with Crippen LogP contribution in [0, 0.1) is 19.3 Å². The zero-order chi connectivity index (χ0) is 27.7. The largest absolute Gasteiger partial charge is 0.495 e. The number of allylic oxidation sites excluding steroid dienone is 1. The molecule has 2 aromatic rings. The maximum absolute atomic E-state index is 14.1. The number of benzene rings is 2. The molecular formula is C29H30ClN3O5. The molecule has 0 bridgehead atoms. The topological polar surface area (TPSA) is 111 Å². The molecule has 0 aromatic heterocycles.